The number of sulfonamides is 1. The van der Waals surface area contributed by atoms with Crippen molar-refractivity contribution >= 4 is 16.0 Å². The van der Waals surface area contributed by atoms with E-state index in [1.807, 2.05) is 7.05 Å². The molecule has 0 unspecified atom stereocenters. The SMILES string of the molecule is CN=C(NCCS(=O)(=O)N1CCOCC1)N(C)CC1CCC(C)CC1. The second-order valence-corrected chi connectivity index (χ2v) is 9.40. The lowest BCUT2D eigenvalue weighted by atomic mass is 9.83. The summed E-state index contributed by atoms with van der Waals surface area (Å²) >= 11 is 0. The molecule has 1 aliphatic heterocycles. The third-order valence-corrected chi connectivity index (χ3v) is 7.12. The van der Waals surface area contributed by atoms with Crippen LogP contribution in [0.4, 0.5) is 0 Å². The van der Waals surface area contributed by atoms with Gasteiger partial charge in [0.05, 0.1) is 19.0 Å². The van der Waals surface area contributed by atoms with Crippen LogP contribution in [0.15, 0.2) is 4.99 Å². The van der Waals surface area contributed by atoms with Crippen LogP contribution in [0, 0.1) is 11.8 Å². The van der Waals surface area contributed by atoms with Crippen molar-refractivity contribution in [3.05, 3.63) is 0 Å². The van der Waals surface area contributed by atoms with Crippen molar-refractivity contribution in [3.63, 3.8) is 0 Å². The van der Waals surface area contributed by atoms with E-state index in [0.29, 0.717) is 38.8 Å². The van der Waals surface area contributed by atoms with Gasteiger partial charge in [-0.15, -0.1) is 0 Å². The molecule has 25 heavy (non-hydrogen) atoms. The molecule has 2 rings (SSSR count). The molecule has 1 saturated carbocycles. The quantitative estimate of drug-likeness (QED) is 0.554. The van der Waals surface area contributed by atoms with E-state index in [1.165, 1.54) is 30.0 Å². The van der Waals surface area contributed by atoms with E-state index < -0.39 is 10.0 Å². The number of hydrogen-bond acceptors (Lipinski definition) is 4. The Kier molecular flexibility index (Phi) is 7.96. The van der Waals surface area contributed by atoms with Crippen LogP contribution >= 0.6 is 0 Å². The number of morpholine rings is 1. The Balaban J connectivity index is 1.75. The summed E-state index contributed by atoms with van der Waals surface area (Å²) in [6, 6.07) is 0. The number of aliphatic imine (C=N–C) groups is 1. The summed E-state index contributed by atoms with van der Waals surface area (Å²) in [5.41, 5.74) is 0. The highest BCUT2D eigenvalue weighted by Crippen LogP contribution is 2.28. The normalized spacial score (nSPS) is 26.4. The molecular formula is C17H34N4O3S. The first-order chi connectivity index (χ1) is 11.9. The molecule has 0 atom stereocenters. The van der Waals surface area contributed by atoms with E-state index in [4.69, 9.17) is 4.74 Å². The molecular weight excluding hydrogens is 340 g/mol. The summed E-state index contributed by atoms with van der Waals surface area (Å²) in [7, 11) is 0.551. The predicted molar refractivity (Wildman–Crippen MR) is 101 cm³/mol. The Morgan fingerprint density at radius 3 is 2.48 bits per heavy atom. The molecule has 0 radical (unpaired) electrons. The molecule has 1 aliphatic carbocycles. The van der Waals surface area contributed by atoms with Crippen molar-refractivity contribution in [1.82, 2.24) is 14.5 Å². The fraction of sp³-hybridized carbons (Fsp3) is 0.941. The molecule has 0 aromatic carbocycles. The largest absolute Gasteiger partial charge is 0.379 e. The van der Waals surface area contributed by atoms with E-state index in [9.17, 15) is 8.42 Å². The van der Waals surface area contributed by atoms with Crippen LogP contribution in [-0.4, -0.2) is 82.8 Å². The van der Waals surface area contributed by atoms with Gasteiger partial charge in [-0.25, -0.2) is 8.42 Å². The van der Waals surface area contributed by atoms with E-state index in [0.717, 1.165) is 18.4 Å². The van der Waals surface area contributed by atoms with Crippen LogP contribution in [0.2, 0.25) is 0 Å². The minimum Gasteiger partial charge on any atom is -0.379 e. The Bertz CT molecular complexity index is 524. The van der Waals surface area contributed by atoms with Gasteiger partial charge in [-0.3, -0.25) is 4.99 Å². The molecule has 8 heteroatoms. The summed E-state index contributed by atoms with van der Waals surface area (Å²) in [6.45, 7) is 5.55. The van der Waals surface area contributed by atoms with Crippen LogP contribution in [0.1, 0.15) is 32.6 Å². The first-order valence-electron chi connectivity index (χ1n) is 9.39. The second-order valence-electron chi connectivity index (χ2n) is 7.31. The fourth-order valence-electron chi connectivity index (χ4n) is 3.62. The van der Waals surface area contributed by atoms with Crippen LogP contribution in [0.3, 0.4) is 0 Å². The molecule has 1 heterocycles. The minimum absolute atomic E-state index is 0.0841. The maximum atomic E-state index is 12.3. The average Bonchev–Trinajstić information content (AvgIpc) is 2.61. The third kappa shape index (κ3) is 6.42. The smallest absolute Gasteiger partial charge is 0.215 e. The van der Waals surface area contributed by atoms with Crippen molar-refractivity contribution < 1.29 is 13.2 Å². The van der Waals surface area contributed by atoms with E-state index >= 15 is 0 Å². The summed E-state index contributed by atoms with van der Waals surface area (Å²) in [6.07, 6.45) is 5.16. The molecule has 0 amide bonds. The maximum Gasteiger partial charge on any atom is 0.215 e. The van der Waals surface area contributed by atoms with Crippen LogP contribution in [-0.2, 0) is 14.8 Å². The number of nitrogens with zero attached hydrogens (tertiary/aromatic N) is 3. The summed E-state index contributed by atoms with van der Waals surface area (Å²) < 4.78 is 31.4. The fourth-order valence-corrected chi connectivity index (χ4v) is 4.94. The van der Waals surface area contributed by atoms with Gasteiger partial charge in [0.15, 0.2) is 5.96 Å². The number of hydrogen-bond donors (Lipinski definition) is 1. The van der Waals surface area contributed by atoms with Crippen molar-refractivity contribution in [2.75, 3.05) is 59.2 Å². The number of rotatable bonds is 6. The number of guanidine groups is 1. The van der Waals surface area contributed by atoms with Crippen LogP contribution < -0.4 is 5.32 Å². The number of nitrogens with one attached hydrogen (secondary N) is 1. The highest BCUT2D eigenvalue weighted by atomic mass is 32.2. The molecule has 1 N–H and O–H groups in total. The van der Waals surface area contributed by atoms with E-state index in [2.05, 4.69) is 22.1 Å². The predicted octanol–water partition coefficient (Wildman–Crippen LogP) is 0.982. The first-order valence-corrected chi connectivity index (χ1v) is 11.0. The molecule has 7 nitrogen and oxygen atoms in total. The van der Waals surface area contributed by atoms with Crippen LogP contribution in [0.5, 0.6) is 0 Å². The van der Waals surface area contributed by atoms with Gasteiger partial charge in [0.25, 0.3) is 0 Å². The van der Waals surface area contributed by atoms with Gasteiger partial charge < -0.3 is 15.0 Å². The average molecular weight is 375 g/mol. The Morgan fingerprint density at radius 1 is 1.24 bits per heavy atom. The molecule has 1 saturated heterocycles. The second kappa shape index (κ2) is 9.73. The highest BCUT2D eigenvalue weighted by molar-refractivity contribution is 7.89. The Morgan fingerprint density at radius 2 is 1.88 bits per heavy atom. The van der Waals surface area contributed by atoms with Gasteiger partial charge in [-0.2, -0.15) is 4.31 Å². The number of ether oxygens (including phenoxy) is 1. The maximum absolute atomic E-state index is 12.3. The lowest BCUT2D eigenvalue weighted by molar-refractivity contribution is 0.0730. The highest BCUT2D eigenvalue weighted by Gasteiger charge is 2.24. The Hall–Kier alpha value is -0.860. The van der Waals surface area contributed by atoms with Gasteiger partial charge in [0, 0.05) is 40.3 Å². The topological polar surface area (TPSA) is 74.2 Å². The summed E-state index contributed by atoms with van der Waals surface area (Å²) in [5, 5.41) is 3.20. The van der Waals surface area contributed by atoms with Gasteiger partial charge in [-0.05, 0) is 24.7 Å². The lowest BCUT2D eigenvalue weighted by Gasteiger charge is -2.31. The first kappa shape index (κ1) is 20.5. The zero-order valence-electron chi connectivity index (χ0n) is 15.9. The zero-order chi connectivity index (χ0) is 18.3. The third-order valence-electron chi connectivity index (χ3n) is 5.25. The van der Waals surface area contributed by atoms with E-state index in [1.54, 1.807) is 7.05 Å². The van der Waals surface area contributed by atoms with Gasteiger partial charge in [0.2, 0.25) is 10.0 Å². The van der Waals surface area contributed by atoms with Gasteiger partial charge in [0.1, 0.15) is 0 Å². The van der Waals surface area contributed by atoms with Crippen LogP contribution in [0.25, 0.3) is 0 Å². The van der Waals surface area contributed by atoms with Gasteiger partial charge >= 0.3 is 0 Å². The standard InChI is InChI=1S/C17H34N4O3S/c1-15-4-6-16(7-5-15)14-20(3)17(18-2)19-8-13-25(22,23)21-9-11-24-12-10-21/h15-16H,4-14H2,1-3H3,(H,18,19). The molecule has 0 spiro atoms. The monoisotopic (exact) mass is 374 g/mol. The summed E-state index contributed by atoms with van der Waals surface area (Å²) in [4.78, 5) is 6.43. The van der Waals surface area contributed by atoms with E-state index in [-0.39, 0.29) is 5.75 Å². The Labute approximate surface area is 152 Å². The lowest BCUT2D eigenvalue weighted by Crippen LogP contribution is -2.46. The van der Waals surface area contributed by atoms with Crippen molar-refractivity contribution in [3.8, 4) is 0 Å². The van der Waals surface area contributed by atoms with Gasteiger partial charge in [-0.1, -0.05) is 19.8 Å². The molecule has 146 valence electrons. The van der Waals surface area contributed by atoms with Crippen molar-refractivity contribution in [2.45, 2.75) is 32.6 Å². The van der Waals surface area contributed by atoms with Crippen molar-refractivity contribution in [2.24, 2.45) is 16.8 Å². The molecule has 0 aromatic heterocycles. The molecule has 0 bridgehead atoms. The summed E-state index contributed by atoms with van der Waals surface area (Å²) in [5.74, 6) is 2.41. The molecule has 0 aromatic rings. The zero-order valence-corrected chi connectivity index (χ0v) is 16.7. The molecule has 2 fully saturated rings. The van der Waals surface area contributed by atoms with Crippen molar-refractivity contribution in [1.29, 1.82) is 0 Å². The minimum atomic E-state index is -3.23. The molecule has 2 aliphatic rings.